The van der Waals surface area contributed by atoms with Crippen LogP contribution in [0.3, 0.4) is 0 Å². The van der Waals surface area contributed by atoms with Gasteiger partial charge in [-0.1, -0.05) is 6.07 Å². The lowest BCUT2D eigenvalue weighted by molar-refractivity contribution is -0.134. The minimum absolute atomic E-state index is 0.137. The Morgan fingerprint density at radius 1 is 1.32 bits per heavy atom. The summed E-state index contributed by atoms with van der Waals surface area (Å²) in [5.74, 6) is 0.218. The fourth-order valence-corrected chi connectivity index (χ4v) is 2.56. The zero-order chi connectivity index (χ0) is 13.7. The van der Waals surface area contributed by atoms with Gasteiger partial charge >= 0.3 is 0 Å². The van der Waals surface area contributed by atoms with E-state index in [-0.39, 0.29) is 18.0 Å². The Bertz CT molecular complexity index is 401. The third-order valence-corrected chi connectivity index (χ3v) is 3.72. The van der Waals surface area contributed by atoms with Gasteiger partial charge in [0.25, 0.3) is 0 Å². The van der Waals surface area contributed by atoms with Gasteiger partial charge in [-0.2, -0.15) is 0 Å². The lowest BCUT2D eigenvalue weighted by atomic mass is 10.1. The second-order valence-electron chi connectivity index (χ2n) is 5.28. The number of nitrogens with one attached hydrogen (secondary N) is 1. The Labute approximate surface area is 115 Å². The predicted octanol–water partition coefficient (Wildman–Crippen LogP) is 2.13. The highest BCUT2D eigenvalue weighted by Gasteiger charge is 2.23. The van der Waals surface area contributed by atoms with Crippen LogP contribution in [0.15, 0.2) is 24.5 Å². The molecule has 1 aliphatic rings. The molecule has 1 aromatic heterocycles. The van der Waals surface area contributed by atoms with Crippen molar-refractivity contribution in [1.82, 2.24) is 15.2 Å². The second kappa shape index (κ2) is 6.66. The largest absolute Gasteiger partial charge is 0.341 e. The Morgan fingerprint density at radius 2 is 2.05 bits per heavy atom. The summed E-state index contributed by atoms with van der Waals surface area (Å²) in [6.45, 7) is 5.83. The highest BCUT2D eigenvalue weighted by molar-refractivity contribution is 5.81. The van der Waals surface area contributed by atoms with E-state index in [1.807, 2.05) is 30.2 Å². The third-order valence-electron chi connectivity index (χ3n) is 3.72. The van der Waals surface area contributed by atoms with E-state index >= 15 is 0 Å². The van der Waals surface area contributed by atoms with Gasteiger partial charge in [0, 0.05) is 31.5 Å². The number of aromatic nitrogens is 1. The first-order valence-corrected chi connectivity index (χ1v) is 7.13. The lowest BCUT2D eigenvalue weighted by Gasteiger charge is -2.30. The SMILES string of the molecule is CC(N[C@@H](C)c1cccnc1)C(=O)N1CCCCC1. The molecule has 2 atom stereocenters. The number of nitrogens with zero attached hydrogens (tertiary/aromatic N) is 2. The van der Waals surface area contributed by atoms with Gasteiger partial charge in [0.15, 0.2) is 0 Å². The fraction of sp³-hybridized carbons (Fsp3) is 0.600. The third kappa shape index (κ3) is 3.77. The van der Waals surface area contributed by atoms with Gasteiger partial charge in [-0.05, 0) is 44.7 Å². The van der Waals surface area contributed by atoms with Crippen molar-refractivity contribution < 1.29 is 4.79 Å². The van der Waals surface area contributed by atoms with Crippen molar-refractivity contribution in [3.63, 3.8) is 0 Å². The topological polar surface area (TPSA) is 45.2 Å². The first kappa shape index (κ1) is 14.0. The van der Waals surface area contributed by atoms with Crippen molar-refractivity contribution >= 4 is 5.91 Å². The highest BCUT2D eigenvalue weighted by Crippen LogP contribution is 2.13. The molecule has 1 saturated heterocycles. The molecule has 1 unspecified atom stereocenters. The van der Waals surface area contributed by atoms with Crippen molar-refractivity contribution in [2.75, 3.05) is 13.1 Å². The van der Waals surface area contributed by atoms with E-state index in [0.29, 0.717) is 0 Å². The zero-order valence-electron chi connectivity index (χ0n) is 11.8. The number of carbonyl (C=O) groups is 1. The monoisotopic (exact) mass is 261 g/mol. The molecule has 2 heterocycles. The highest BCUT2D eigenvalue weighted by atomic mass is 16.2. The van der Waals surface area contributed by atoms with Crippen LogP contribution in [-0.2, 0) is 4.79 Å². The van der Waals surface area contributed by atoms with Crippen LogP contribution in [0, 0.1) is 0 Å². The molecule has 4 nitrogen and oxygen atoms in total. The molecule has 1 fully saturated rings. The first-order valence-electron chi connectivity index (χ1n) is 7.13. The van der Waals surface area contributed by atoms with Gasteiger partial charge in [0.05, 0.1) is 6.04 Å². The average molecular weight is 261 g/mol. The van der Waals surface area contributed by atoms with Crippen molar-refractivity contribution in [1.29, 1.82) is 0 Å². The molecule has 2 rings (SSSR count). The summed E-state index contributed by atoms with van der Waals surface area (Å²) >= 11 is 0. The molecule has 0 aromatic carbocycles. The van der Waals surface area contributed by atoms with E-state index in [2.05, 4.69) is 17.2 Å². The van der Waals surface area contributed by atoms with Gasteiger partial charge in [-0.3, -0.25) is 15.1 Å². The Kier molecular flexibility index (Phi) is 4.91. The van der Waals surface area contributed by atoms with Gasteiger partial charge in [-0.25, -0.2) is 0 Å². The van der Waals surface area contributed by atoms with Gasteiger partial charge in [-0.15, -0.1) is 0 Å². The lowest BCUT2D eigenvalue weighted by Crippen LogP contribution is -2.47. The van der Waals surface area contributed by atoms with Crippen LogP contribution in [0.25, 0.3) is 0 Å². The number of piperidine rings is 1. The maximum atomic E-state index is 12.3. The molecule has 0 aliphatic carbocycles. The summed E-state index contributed by atoms with van der Waals surface area (Å²) in [5.41, 5.74) is 1.11. The summed E-state index contributed by atoms with van der Waals surface area (Å²) in [6.07, 6.45) is 7.12. The van der Waals surface area contributed by atoms with Crippen LogP contribution >= 0.6 is 0 Å². The van der Waals surface area contributed by atoms with Gasteiger partial charge in [0.2, 0.25) is 5.91 Å². The molecule has 104 valence electrons. The number of hydrogen-bond acceptors (Lipinski definition) is 3. The zero-order valence-corrected chi connectivity index (χ0v) is 11.8. The summed E-state index contributed by atoms with van der Waals surface area (Å²) in [5, 5.41) is 3.36. The summed E-state index contributed by atoms with van der Waals surface area (Å²) in [6, 6.07) is 3.94. The van der Waals surface area contributed by atoms with Crippen LogP contribution in [0.1, 0.15) is 44.7 Å². The first-order chi connectivity index (χ1) is 9.18. The standard InChI is InChI=1S/C15H23N3O/c1-12(14-7-6-8-16-11-14)17-13(2)15(19)18-9-4-3-5-10-18/h6-8,11-13,17H,3-5,9-10H2,1-2H3/t12-,13?/m0/s1. The molecule has 0 spiro atoms. The molecule has 19 heavy (non-hydrogen) atoms. The number of hydrogen-bond donors (Lipinski definition) is 1. The second-order valence-corrected chi connectivity index (χ2v) is 5.28. The Hall–Kier alpha value is -1.42. The predicted molar refractivity (Wildman–Crippen MR) is 75.7 cm³/mol. The van der Waals surface area contributed by atoms with E-state index in [4.69, 9.17) is 0 Å². The molecule has 0 bridgehead atoms. The summed E-state index contributed by atoms with van der Waals surface area (Å²) < 4.78 is 0. The van der Waals surface area contributed by atoms with Crippen molar-refractivity contribution in [3.8, 4) is 0 Å². The molecule has 0 radical (unpaired) electrons. The van der Waals surface area contributed by atoms with E-state index in [1.54, 1.807) is 6.20 Å². The number of likely N-dealkylation sites (tertiary alicyclic amines) is 1. The average Bonchev–Trinajstić information content (AvgIpc) is 2.48. The van der Waals surface area contributed by atoms with Crippen molar-refractivity contribution in [3.05, 3.63) is 30.1 Å². The van der Waals surface area contributed by atoms with E-state index in [9.17, 15) is 4.79 Å². The molecule has 1 aromatic rings. The Balaban J connectivity index is 1.89. The van der Waals surface area contributed by atoms with Crippen molar-refractivity contribution in [2.24, 2.45) is 0 Å². The van der Waals surface area contributed by atoms with E-state index < -0.39 is 0 Å². The fourth-order valence-electron chi connectivity index (χ4n) is 2.56. The van der Waals surface area contributed by atoms with Crippen LogP contribution in [0.2, 0.25) is 0 Å². The van der Waals surface area contributed by atoms with Gasteiger partial charge < -0.3 is 4.90 Å². The maximum absolute atomic E-state index is 12.3. The molecule has 1 amide bonds. The summed E-state index contributed by atoms with van der Waals surface area (Å²) in [4.78, 5) is 18.4. The van der Waals surface area contributed by atoms with Gasteiger partial charge in [0.1, 0.15) is 0 Å². The number of carbonyl (C=O) groups excluding carboxylic acids is 1. The normalized spacial score (nSPS) is 18.9. The Morgan fingerprint density at radius 3 is 2.68 bits per heavy atom. The molecule has 0 saturated carbocycles. The number of pyridine rings is 1. The van der Waals surface area contributed by atoms with E-state index in [1.165, 1.54) is 6.42 Å². The number of amides is 1. The molecular weight excluding hydrogens is 238 g/mol. The van der Waals surface area contributed by atoms with Crippen molar-refractivity contribution in [2.45, 2.75) is 45.2 Å². The summed E-state index contributed by atoms with van der Waals surface area (Å²) in [7, 11) is 0. The maximum Gasteiger partial charge on any atom is 0.239 e. The van der Waals surface area contributed by atoms with Crippen LogP contribution < -0.4 is 5.32 Å². The smallest absolute Gasteiger partial charge is 0.239 e. The van der Waals surface area contributed by atoms with Crippen LogP contribution in [0.5, 0.6) is 0 Å². The minimum atomic E-state index is -0.145. The molecule has 4 heteroatoms. The number of rotatable bonds is 4. The quantitative estimate of drug-likeness (QED) is 0.903. The molecular formula is C15H23N3O. The van der Waals surface area contributed by atoms with Crippen LogP contribution in [0.4, 0.5) is 0 Å². The molecule has 1 N–H and O–H groups in total. The van der Waals surface area contributed by atoms with Crippen LogP contribution in [-0.4, -0.2) is 34.9 Å². The molecule has 1 aliphatic heterocycles. The van der Waals surface area contributed by atoms with E-state index in [0.717, 1.165) is 31.5 Å². The minimum Gasteiger partial charge on any atom is -0.341 e.